The number of urea groups is 1. The molecule has 5 N–H and O–H groups in total. The summed E-state index contributed by atoms with van der Waals surface area (Å²) in [7, 11) is 1.61. The molecule has 3 aromatic heterocycles. The third kappa shape index (κ3) is 12.5. The summed E-state index contributed by atoms with van der Waals surface area (Å²) in [5.41, 5.74) is 8.11. The van der Waals surface area contributed by atoms with Gasteiger partial charge in [0, 0.05) is 107 Å². The highest BCUT2D eigenvalue weighted by molar-refractivity contribution is 7.13. The van der Waals surface area contributed by atoms with Gasteiger partial charge in [-0.05, 0) is 85.3 Å². The molecule has 0 spiro atoms. The highest BCUT2D eigenvalue weighted by atomic mass is 32.1. The molecule has 0 bridgehead atoms. The van der Waals surface area contributed by atoms with E-state index in [9.17, 15) is 29.1 Å². The number of hydrogen-bond acceptors (Lipinski definition) is 12. The second kappa shape index (κ2) is 23.9. The molecule has 0 radical (unpaired) electrons. The number of halogens is 2. The van der Waals surface area contributed by atoms with Crippen LogP contribution in [0.2, 0.25) is 0 Å². The van der Waals surface area contributed by atoms with Gasteiger partial charge in [-0.1, -0.05) is 45.0 Å². The van der Waals surface area contributed by atoms with Gasteiger partial charge in [0.2, 0.25) is 23.6 Å². The number of anilines is 2. The maximum absolute atomic E-state index is 15.1. The number of β-amino-alcohol motifs (C(OH)–C–C–N with tert-alkyl or cyclic N) is 1. The van der Waals surface area contributed by atoms with Gasteiger partial charge in [-0.3, -0.25) is 28.5 Å². The number of aromatic nitrogens is 5. The zero-order valence-electron chi connectivity index (χ0n) is 44.4. The molecule has 22 heteroatoms. The van der Waals surface area contributed by atoms with E-state index in [1.54, 1.807) is 47.1 Å². The summed E-state index contributed by atoms with van der Waals surface area (Å²) in [5.74, 6) is -0.864. The van der Waals surface area contributed by atoms with E-state index in [0.717, 1.165) is 57.8 Å². The van der Waals surface area contributed by atoms with Gasteiger partial charge in [0.25, 0.3) is 6.43 Å². The van der Waals surface area contributed by atoms with Crippen LogP contribution in [-0.4, -0.2) is 134 Å². The number of nitrogens with zero attached hydrogens (tertiary/aromatic N) is 8. The van der Waals surface area contributed by atoms with Crippen molar-refractivity contribution in [2.75, 3.05) is 51.3 Å². The smallest absolute Gasteiger partial charge is 0.317 e. The minimum atomic E-state index is -2.81. The number of thiazole rings is 1. The standard InChI is InChI=1S/C55H70F2N12O7S/c1-33-48(77-32-61-33)35-13-11-34(12-14-35)26-60-52(73)45-24-39(70)29-68(45)53(74)49(55(2,3)4)63-46(71)10-6-7-18-59-47(72)31-66-28-37(27-62-66)40-23-36-9-8-19-67(44(36)25-41(40)50(56)57)51-42-30-65(54(75)58-5)20-15-43(42)69(64-51)38-16-21-76-22-17-38/h11-14,23,25,27-28,32,38-39,45,49-50,70H,6-10,15-22,24,26,29-31H2,1-5H3,(H,58,75)(H,59,72)(H,60,73)(H,63,71)/t39-,45+,49-/m1/s1. The van der Waals surface area contributed by atoms with E-state index in [0.29, 0.717) is 81.2 Å². The van der Waals surface area contributed by atoms with E-state index in [1.807, 2.05) is 56.9 Å². The van der Waals surface area contributed by atoms with Crippen LogP contribution in [0.25, 0.3) is 21.6 Å². The molecule has 2 fully saturated rings. The van der Waals surface area contributed by atoms with E-state index < -0.39 is 41.8 Å². The van der Waals surface area contributed by atoms with Crippen molar-refractivity contribution in [2.24, 2.45) is 5.41 Å². The lowest BCUT2D eigenvalue weighted by atomic mass is 9.85. The van der Waals surface area contributed by atoms with Crippen LogP contribution in [0, 0.1) is 12.3 Å². The number of nitrogens with one attached hydrogen (secondary N) is 4. The minimum absolute atomic E-state index is 0.0399. The zero-order chi connectivity index (χ0) is 54.5. The normalized spacial score (nSPS) is 18.2. The second-order valence-electron chi connectivity index (χ2n) is 21.6. The molecule has 4 aliphatic rings. The maximum atomic E-state index is 15.1. The van der Waals surface area contributed by atoms with Crippen molar-refractivity contribution in [3.8, 4) is 21.6 Å². The molecule has 4 aliphatic heterocycles. The Bertz CT molecular complexity index is 2950. The van der Waals surface area contributed by atoms with E-state index in [-0.39, 0.29) is 68.5 Å². The Hall–Kier alpha value is -6.78. The quantitative estimate of drug-likeness (QED) is 0.0647. The van der Waals surface area contributed by atoms with Crippen molar-refractivity contribution >= 4 is 52.5 Å². The van der Waals surface area contributed by atoms with E-state index in [1.165, 1.54) is 15.8 Å². The number of benzene rings is 2. The van der Waals surface area contributed by atoms with Gasteiger partial charge in [-0.25, -0.2) is 18.6 Å². The van der Waals surface area contributed by atoms with Crippen molar-refractivity contribution in [2.45, 2.75) is 136 Å². The molecular formula is C55H70F2N12O7S. The number of aryl methyl sites for hydroxylation is 2. The summed E-state index contributed by atoms with van der Waals surface area (Å²) in [6, 6.07) is 9.26. The van der Waals surface area contributed by atoms with Crippen LogP contribution in [0.1, 0.15) is 112 Å². The second-order valence-corrected chi connectivity index (χ2v) is 22.4. The first-order valence-corrected chi connectivity index (χ1v) is 27.6. The average Bonchev–Trinajstić information content (AvgIpc) is 4.28. The molecule has 6 amide bonds. The zero-order valence-corrected chi connectivity index (χ0v) is 45.3. The van der Waals surface area contributed by atoms with Gasteiger partial charge in [0.15, 0.2) is 5.82 Å². The topological polar surface area (TPSA) is 221 Å². The summed E-state index contributed by atoms with van der Waals surface area (Å²) in [6.07, 6.45) is 4.07. The molecular weight excluding hydrogens is 1010 g/mol. The fraction of sp³-hybridized carbons (Fsp3) is 0.527. The van der Waals surface area contributed by atoms with Gasteiger partial charge in [0.05, 0.1) is 41.0 Å². The Morgan fingerprint density at radius 3 is 2.47 bits per heavy atom. The molecule has 0 unspecified atom stereocenters. The van der Waals surface area contributed by atoms with Gasteiger partial charge < -0.3 is 45.8 Å². The molecule has 0 saturated carbocycles. The van der Waals surface area contributed by atoms with Crippen LogP contribution in [0.15, 0.2) is 54.3 Å². The first kappa shape index (κ1) is 55.0. The number of likely N-dealkylation sites (tertiary alicyclic amines) is 1. The summed E-state index contributed by atoms with van der Waals surface area (Å²) in [5, 5.41) is 31.6. The summed E-state index contributed by atoms with van der Waals surface area (Å²) in [6.45, 7) is 10.5. The number of aliphatic hydroxyl groups is 1. The molecule has 77 heavy (non-hydrogen) atoms. The van der Waals surface area contributed by atoms with E-state index in [4.69, 9.17) is 9.84 Å². The van der Waals surface area contributed by atoms with Crippen LogP contribution in [0.3, 0.4) is 0 Å². The monoisotopic (exact) mass is 1080 g/mol. The Kier molecular flexibility index (Phi) is 17.0. The highest BCUT2D eigenvalue weighted by Crippen LogP contribution is 2.44. The fourth-order valence-corrected chi connectivity index (χ4v) is 11.8. The highest BCUT2D eigenvalue weighted by Gasteiger charge is 2.44. The van der Waals surface area contributed by atoms with Crippen LogP contribution in [0.5, 0.6) is 0 Å². The van der Waals surface area contributed by atoms with Crippen molar-refractivity contribution in [1.29, 1.82) is 0 Å². The number of hydrogen-bond donors (Lipinski definition) is 5. The number of ether oxygens (including phenoxy) is 1. The average molecular weight is 1080 g/mol. The first-order valence-electron chi connectivity index (χ1n) is 26.7. The number of carbonyl (C=O) groups excluding carboxylic acids is 5. The summed E-state index contributed by atoms with van der Waals surface area (Å²) >= 11 is 1.56. The number of unbranched alkanes of at least 4 members (excludes halogenated alkanes) is 1. The third-order valence-electron chi connectivity index (χ3n) is 15.1. The molecule has 7 heterocycles. The number of alkyl halides is 2. The lowest BCUT2D eigenvalue weighted by molar-refractivity contribution is -0.144. The van der Waals surface area contributed by atoms with Crippen LogP contribution < -0.4 is 26.2 Å². The van der Waals surface area contributed by atoms with Crippen LogP contribution >= 0.6 is 11.3 Å². The van der Waals surface area contributed by atoms with Crippen molar-refractivity contribution < 1.29 is 42.6 Å². The van der Waals surface area contributed by atoms with Gasteiger partial charge in [-0.2, -0.15) is 10.2 Å². The molecule has 0 aliphatic carbocycles. The third-order valence-corrected chi connectivity index (χ3v) is 16.1. The van der Waals surface area contributed by atoms with Crippen LogP contribution in [-0.2, 0) is 56.4 Å². The summed E-state index contributed by atoms with van der Waals surface area (Å²) < 4.78 is 39.4. The SMILES string of the molecule is CNC(=O)N1CCc2c(c(N3CCCc4cc(-c5cnn(CC(=O)NCCCCC(=O)N[C@H](C(=O)N6C[C@H](O)C[C@H]6C(=O)NCc6ccc(-c7scnc7C)cc6)C(C)(C)C)c5)c(C(F)F)cc43)nn2C2CCOCC2)C1. The van der Waals surface area contributed by atoms with Crippen molar-refractivity contribution in [3.05, 3.63) is 87.9 Å². The Labute approximate surface area is 451 Å². The Morgan fingerprint density at radius 2 is 1.75 bits per heavy atom. The predicted octanol–water partition coefficient (Wildman–Crippen LogP) is 6.35. The van der Waals surface area contributed by atoms with Gasteiger partial charge >= 0.3 is 6.03 Å². The van der Waals surface area contributed by atoms with E-state index in [2.05, 4.69) is 36.0 Å². The Balaban J connectivity index is 0.772. The number of fused-ring (bicyclic) bond motifs is 2. The molecule has 19 nitrogen and oxygen atoms in total. The minimum Gasteiger partial charge on any atom is -0.391 e. The van der Waals surface area contributed by atoms with Crippen LogP contribution in [0.4, 0.5) is 25.1 Å². The predicted molar refractivity (Wildman–Crippen MR) is 286 cm³/mol. The van der Waals surface area contributed by atoms with Gasteiger partial charge in [-0.15, -0.1) is 11.3 Å². The Morgan fingerprint density at radius 1 is 0.974 bits per heavy atom. The summed E-state index contributed by atoms with van der Waals surface area (Å²) in [4.78, 5) is 77.4. The largest absolute Gasteiger partial charge is 0.391 e. The number of amides is 6. The number of carbonyl (C=O) groups is 5. The maximum Gasteiger partial charge on any atom is 0.317 e. The molecule has 2 aromatic carbocycles. The van der Waals surface area contributed by atoms with Crippen molar-refractivity contribution in [3.63, 3.8) is 0 Å². The fourth-order valence-electron chi connectivity index (χ4n) is 11.0. The lowest BCUT2D eigenvalue weighted by Gasteiger charge is -2.35. The molecule has 9 rings (SSSR count). The van der Waals surface area contributed by atoms with Crippen molar-refractivity contribution in [1.82, 2.24) is 55.6 Å². The molecule has 5 aromatic rings. The number of aliphatic hydroxyl groups excluding tert-OH is 1. The molecule has 412 valence electrons. The number of rotatable bonds is 17. The lowest BCUT2D eigenvalue weighted by Crippen LogP contribution is -2.57. The molecule has 3 atom stereocenters. The first-order chi connectivity index (χ1) is 37.0. The van der Waals surface area contributed by atoms with Gasteiger partial charge in [0.1, 0.15) is 18.6 Å². The van der Waals surface area contributed by atoms with E-state index >= 15 is 8.78 Å². The molecule has 2 saturated heterocycles.